The molecule has 6 nitrogen and oxygen atoms in total. The molecule has 0 radical (unpaired) electrons. The zero-order valence-electron chi connectivity index (χ0n) is 16.3. The van der Waals surface area contributed by atoms with Gasteiger partial charge >= 0.3 is 0 Å². The van der Waals surface area contributed by atoms with E-state index in [0.717, 1.165) is 29.2 Å². The predicted octanol–water partition coefficient (Wildman–Crippen LogP) is 4.23. The second kappa shape index (κ2) is 9.61. The highest BCUT2D eigenvalue weighted by Gasteiger charge is 2.23. The van der Waals surface area contributed by atoms with Crippen LogP contribution in [0.5, 0.6) is 11.5 Å². The molecule has 3 aromatic rings. The van der Waals surface area contributed by atoms with Gasteiger partial charge in [-0.1, -0.05) is 25.1 Å². The number of aromatic hydroxyl groups is 1. The highest BCUT2D eigenvalue weighted by atomic mass is 32.2. The summed E-state index contributed by atoms with van der Waals surface area (Å²) >= 11 is 1.64. The molecule has 2 aromatic carbocycles. The summed E-state index contributed by atoms with van der Waals surface area (Å²) in [4.78, 5) is 2.07. The van der Waals surface area contributed by atoms with Crippen LogP contribution in [0.15, 0.2) is 52.9 Å². The van der Waals surface area contributed by atoms with Gasteiger partial charge in [-0.2, -0.15) is 0 Å². The number of ether oxygens (including phenoxy) is 1. The molecular formula is C21H25N3O3S. The SMILES string of the molecule is CCSC(c1nnc(-c2ccc(OCCN(C)C)cc2)o1)c1ccccc1O. The van der Waals surface area contributed by atoms with E-state index >= 15 is 0 Å². The van der Waals surface area contributed by atoms with Crippen LogP contribution < -0.4 is 4.74 Å². The molecule has 0 fully saturated rings. The lowest BCUT2D eigenvalue weighted by molar-refractivity contribution is 0.261. The number of nitrogens with zero attached hydrogens (tertiary/aromatic N) is 3. The molecule has 7 heteroatoms. The van der Waals surface area contributed by atoms with Gasteiger partial charge in [0, 0.05) is 17.7 Å². The minimum absolute atomic E-state index is 0.207. The van der Waals surface area contributed by atoms with Crippen molar-refractivity contribution in [3.63, 3.8) is 0 Å². The molecule has 0 saturated carbocycles. The van der Waals surface area contributed by atoms with E-state index in [-0.39, 0.29) is 11.0 Å². The van der Waals surface area contributed by atoms with Crippen LogP contribution in [-0.4, -0.2) is 53.2 Å². The van der Waals surface area contributed by atoms with Crippen molar-refractivity contribution in [2.24, 2.45) is 0 Å². The first-order valence-corrected chi connectivity index (χ1v) is 10.2. The van der Waals surface area contributed by atoms with E-state index in [1.807, 2.05) is 50.5 Å². The van der Waals surface area contributed by atoms with Crippen molar-refractivity contribution in [3.8, 4) is 23.0 Å². The number of aromatic nitrogens is 2. The Balaban J connectivity index is 1.76. The standard InChI is InChI=1S/C21H25N3O3S/c1-4-28-19(17-7-5-6-8-18(17)25)21-23-22-20(27-21)15-9-11-16(12-10-15)26-14-13-24(2)3/h5-12,19,25H,4,13-14H2,1-3H3. The molecule has 0 saturated heterocycles. The minimum Gasteiger partial charge on any atom is -0.508 e. The summed E-state index contributed by atoms with van der Waals surface area (Å²) in [6, 6.07) is 14.9. The maximum atomic E-state index is 10.2. The van der Waals surface area contributed by atoms with Crippen LogP contribution >= 0.6 is 11.8 Å². The van der Waals surface area contributed by atoms with Crippen molar-refractivity contribution < 1.29 is 14.3 Å². The molecule has 1 unspecified atom stereocenters. The van der Waals surface area contributed by atoms with E-state index in [0.29, 0.717) is 18.4 Å². The first-order valence-electron chi connectivity index (χ1n) is 9.19. The third kappa shape index (κ3) is 5.05. The number of likely N-dealkylation sites (N-methyl/N-ethyl adjacent to an activating group) is 1. The fraction of sp³-hybridized carbons (Fsp3) is 0.333. The lowest BCUT2D eigenvalue weighted by Gasteiger charge is -2.13. The monoisotopic (exact) mass is 399 g/mol. The van der Waals surface area contributed by atoms with Crippen LogP contribution in [0.4, 0.5) is 0 Å². The van der Waals surface area contributed by atoms with Crippen molar-refractivity contribution in [1.29, 1.82) is 0 Å². The normalized spacial score (nSPS) is 12.3. The lowest BCUT2D eigenvalue weighted by atomic mass is 10.1. The van der Waals surface area contributed by atoms with Crippen molar-refractivity contribution in [3.05, 3.63) is 60.0 Å². The van der Waals surface area contributed by atoms with Crippen LogP contribution in [0.2, 0.25) is 0 Å². The first-order chi connectivity index (χ1) is 13.6. The second-order valence-electron chi connectivity index (χ2n) is 6.52. The molecule has 1 N–H and O–H groups in total. The van der Waals surface area contributed by atoms with Crippen molar-refractivity contribution in [2.75, 3.05) is 33.0 Å². The largest absolute Gasteiger partial charge is 0.508 e. The number of hydrogen-bond acceptors (Lipinski definition) is 7. The Kier molecular flexibility index (Phi) is 6.95. The summed E-state index contributed by atoms with van der Waals surface area (Å²) in [5.41, 5.74) is 1.60. The quantitative estimate of drug-likeness (QED) is 0.577. The Morgan fingerprint density at radius 2 is 1.86 bits per heavy atom. The van der Waals surface area contributed by atoms with E-state index in [1.165, 1.54) is 0 Å². The molecular weight excluding hydrogens is 374 g/mol. The molecule has 0 spiro atoms. The molecule has 3 rings (SSSR count). The average molecular weight is 400 g/mol. The Hall–Kier alpha value is -2.51. The van der Waals surface area contributed by atoms with Crippen molar-refractivity contribution >= 4 is 11.8 Å². The van der Waals surface area contributed by atoms with Gasteiger partial charge in [0.25, 0.3) is 0 Å². The van der Waals surface area contributed by atoms with Gasteiger partial charge in [0.15, 0.2) is 0 Å². The smallest absolute Gasteiger partial charge is 0.247 e. The van der Waals surface area contributed by atoms with E-state index < -0.39 is 0 Å². The van der Waals surface area contributed by atoms with Crippen LogP contribution in [0.3, 0.4) is 0 Å². The number of para-hydroxylation sites is 1. The van der Waals surface area contributed by atoms with Crippen molar-refractivity contribution in [2.45, 2.75) is 12.2 Å². The Morgan fingerprint density at radius 3 is 2.54 bits per heavy atom. The van der Waals surface area contributed by atoms with Crippen LogP contribution in [0.1, 0.15) is 23.6 Å². The van der Waals surface area contributed by atoms with Gasteiger partial charge in [0.1, 0.15) is 23.4 Å². The van der Waals surface area contributed by atoms with E-state index in [9.17, 15) is 5.11 Å². The van der Waals surface area contributed by atoms with Gasteiger partial charge < -0.3 is 19.2 Å². The fourth-order valence-electron chi connectivity index (χ4n) is 2.67. The topological polar surface area (TPSA) is 71.6 Å². The van der Waals surface area contributed by atoms with Gasteiger partial charge in [0.2, 0.25) is 11.8 Å². The van der Waals surface area contributed by atoms with E-state index in [4.69, 9.17) is 9.15 Å². The fourth-order valence-corrected chi connectivity index (χ4v) is 3.62. The zero-order chi connectivity index (χ0) is 19.9. The third-order valence-electron chi connectivity index (χ3n) is 4.13. The van der Waals surface area contributed by atoms with Gasteiger partial charge in [0.05, 0.1) is 0 Å². The minimum atomic E-state index is -0.207. The summed E-state index contributed by atoms with van der Waals surface area (Å²) in [6.45, 7) is 3.55. The molecule has 0 aliphatic heterocycles. The van der Waals surface area contributed by atoms with Crippen molar-refractivity contribution in [1.82, 2.24) is 15.1 Å². The van der Waals surface area contributed by atoms with E-state index in [1.54, 1.807) is 23.9 Å². The molecule has 0 amide bonds. The summed E-state index contributed by atoms with van der Waals surface area (Å²) in [7, 11) is 4.03. The zero-order valence-corrected chi connectivity index (χ0v) is 17.1. The molecule has 148 valence electrons. The van der Waals surface area contributed by atoms with Gasteiger partial charge in [-0.25, -0.2) is 0 Å². The van der Waals surface area contributed by atoms with Crippen LogP contribution in [0, 0.1) is 0 Å². The highest BCUT2D eigenvalue weighted by molar-refractivity contribution is 7.99. The maximum Gasteiger partial charge on any atom is 0.247 e. The van der Waals surface area contributed by atoms with Gasteiger partial charge in [-0.3, -0.25) is 0 Å². The number of hydrogen-bond donors (Lipinski definition) is 1. The molecule has 1 heterocycles. The summed E-state index contributed by atoms with van der Waals surface area (Å²) in [6.07, 6.45) is 0. The molecule has 28 heavy (non-hydrogen) atoms. The van der Waals surface area contributed by atoms with Crippen LogP contribution in [0.25, 0.3) is 11.5 Å². The second-order valence-corrected chi connectivity index (χ2v) is 7.90. The summed E-state index contributed by atoms with van der Waals surface area (Å²) in [5, 5.41) is 18.4. The number of benzene rings is 2. The highest BCUT2D eigenvalue weighted by Crippen LogP contribution is 2.39. The number of thioether (sulfide) groups is 1. The first kappa shape index (κ1) is 20.2. The number of phenolic OH excluding ortho intramolecular Hbond substituents is 1. The number of phenols is 1. The lowest BCUT2D eigenvalue weighted by Crippen LogP contribution is -2.19. The Labute approximate surface area is 169 Å². The van der Waals surface area contributed by atoms with Gasteiger partial charge in [-0.15, -0.1) is 22.0 Å². The van der Waals surface area contributed by atoms with Gasteiger partial charge in [-0.05, 0) is 50.2 Å². The molecule has 1 aromatic heterocycles. The molecule has 1 atom stereocenters. The van der Waals surface area contributed by atoms with Crippen LogP contribution in [-0.2, 0) is 0 Å². The predicted molar refractivity (Wildman–Crippen MR) is 112 cm³/mol. The third-order valence-corrected chi connectivity index (χ3v) is 5.25. The number of rotatable bonds is 9. The Bertz CT molecular complexity index is 881. The van der Waals surface area contributed by atoms with E-state index in [2.05, 4.69) is 22.0 Å². The molecule has 0 bridgehead atoms. The molecule has 0 aliphatic rings. The average Bonchev–Trinajstić information content (AvgIpc) is 3.17. The molecule has 0 aliphatic carbocycles. The maximum absolute atomic E-state index is 10.2. The summed E-state index contributed by atoms with van der Waals surface area (Å²) < 4.78 is 11.7. The summed E-state index contributed by atoms with van der Waals surface area (Å²) in [5.74, 6) is 2.82. The Morgan fingerprint density at radius 1 is 1.11 bits per heavy atom.